The summed E-state index contributed by atoms with van der Waals surface area (Å²) in [7, 11) is 0. The van der Waals surface area contributed by atoms with Crippen molar-refractivity contribution < 1.29 is 0 Å². The highest BCUT2D eigenvalue weighted by atomic mass is 32.1. The van der Waals surface area contributed by atoms with E-state index in [4.69, 9.17) is 0 Å². The van der Waals surface area contributed by atoms with E-state index in [0.29, 0.717) is 0 Å². The quantitative estimate of drug-likeness (QED) is 0.176. The highest BCUT2D eigenvalue weighted by Crippen LogP contribution is 2.52. The first-order valence-corrected chi connectivity index (χ1v) is 18.5. The third-order valence-corrected chi connectivity index (χ3v) is 12.0. The first kappa shape index (κ1) is 29.9. The van der Waals surface area contributed by atoms with Crippen LogP contribution in [0.1, 0.15) is 25.0 Å². The van der Waals surface area contributed by atoms with Crippen LogP contribution in [0.2, 0.25) is 0 Å². The van der Waals surface area contributed by atoms with Gasteiger partial charge >= 0.3 is 0 Å². The number of thiophene rings is 1. The van der Waals surface area contributed by atoms with E-state index in [0.717, 1.165) is 11.4 Å². The van der Waals surface area contributed by atoms with Gasteiger partial charge in [0.1, 0.15) is 0 Å². The normalized spacial score (nSPS) is 13.1. The average Bonchev–Trinajstić information content (AvgIpc) is 3.66. The van der Waals surface area contributed by atoms with E-state index in [9.17, 15) is 0 Å². The van der Waals surface area contributed by atoms with Crippen molar-refractivity contribution in [2.45, 2.75) is 19.3 Å². The summed E-state index contributed by atoms with van der Waals surface area (Å²) in [5.74, 6) is 0. The van der Waals surface area contributed by atoms with Gasteiger partial charge in [0.15, 0.2) is 0 Å². The van der Waals surface area contributed by atoms with E-state index in [1.54, 1.807) is 0 Å². The molecule has 242 valence electrons. The number of fused-ring (bicyclic) bond motifs is 7. The summed E-state index contributed by atoms with van der Waals surface area (Å²) in [6, 6.07) is 65.0. The smallest absolute Gasteiger partial charge is 0.0554 e. The molecule has 1 heterocycles. The van der Waals surface area contributed by atoms with Gasteiger partial charge in [0.05, 0.1) is 5.69 Å². The monoisotopic (exact) mass is 669 g/mol. The van der Waals surface area contributed by atoms with Crippen molar-refractivity contribution in [1.29, 1.82) is 0 Å². The topological polar surface area (TPSA) is 3.24 Å². The van der Waals surface area contributed by atoms with Crippen LogP contribution in [-0.4, -0.2) is 0 Å². The van der Waals surface area contributed by atoms with Crippen LogP contribution in [-0.2, 0) is 5.41 Å². The molecule has 0 saturated carbocycles. The highest BCUT2D eigenvalue weighted by molar-refractivity contribution is 7.25. The fourth-order valence-electron chi connectivity index (χ4n) is 8.31. The van der Waals surface area contributed by atoms with Gasteiger partial charge in [0, 0.05) is 42.5 Å². The lowest BCUT2D eigenvalue weighted by Crippen LogP contribution is -2.17. The molecular formula is C49H35NS. The Morgan fingerprint density at radius 3 is 1.92 bits per heavy atom. The summed E-state index contributed by atoms with van der Waals surface area (Å²) < 4.78 is 2.60. The van der Waals surface area contributed by atoms with Gasteiger partial charge in [0.25, 0.3) is 0 Å². The van der Waals surface area contributed by atoms with E-state index in [-0.39, 0.29) is 5.41 Å². The van der Waals surface area contributed by atoms with Crippen LogP contribution in [0.5, 0.6) is 0 Å². The third-order valence-electron chi connectivity index (χ3n) is 10.9. The van der Waals surface area contributed by atoms with Gasteiger partial charge in [0.2, 0.25) is 0 Å². The first-order chi connectivity index (χ1) is 25.0. The standard InChI is InChI=1S/C49H35NS/c1-49(2)44-21-10-8-18-39(44)40-28-27-36(29-45(40)49)50(35-25-23-33(24-26-35)32-13-4-3-5-14-32)46-31-48-43(41-19-9-11-22-47(41)51-48)30-42(46)38-20-12-16-34-15-6-7-17-37(34)38/h3-31H,1-2H3. The molecule has 1 nitrogen and oxygen atoms in total. The summed E-state index contributed by atoms with van der Waals surface area (Å²) in [6.07, 6.45) is 0. The predicted molar refractivity (Wildman–Crippen MR) is 220 cm³/mol. The number of nitrogens with zero attached hydrogens (tertiary/aromatic N) is 1. The van der Waals surface area contributed by atoms with Crippen LogP contribution in [0.4, 0.5) is 17.1 Å². The Kier molecular flexibility index (Phi) is 6.78. The van der Waals surface area contributed by atoms with Crippen LogP contribution >= 0.6 is 11.3 Å². The van der Waals surface area contributed by atoms with Crippen molar-refractivity contribution in [2.75, 3.05) is 4.90 Å². The van der Waals surface area contributed by atoms with Crippen molar-refractivity contribution in [2.24, 2.45) is 0 Å². The average molecular weight is 670 g/mol. The molecule has 8 aromatic carbocycles. The van der Waals surface area contributed by atoms with E-state index in [1.165, 1.54) is 81.1 Å². The summed E-state index contributed by atoms with van der Waals surface area (Å²) in [5.41, 5.74) is 13.6. The number of hydrogen-bond donors (Lipinski definition) is 0. The van der Waals surface area contributed by atoms with Gasteiger partial charge in [-0.3, -0.25) is 0 Å². The van der Waals surface area contributed by atoms with Gasteiger partial charge in [-0.2, -0.15) is 0 Å². The Hall–Kier alpha value is -5.96. The molecule has 0 spiro atoms. The molecule has 1 aliphatic carbocycles. The molecule has 0 N–H and O–H groups in total. The van der Waals surface area contributed by atoms with Crippen LogP contribution in [0.25, 0.3) is 64.3 Å². The number of rotatable bonds is 5. The first-order valence-electron chi connectivity index (χ1n) is 17.7. The Bertz CT molecular complexity index is 2770. The zero-order valence-electron chi connectivity index (χ0n) is 28.6. The molecule has 2 heteroatoms. The van der Waals surface area contributed by atoms with E-state index in [2.05, 4.69) is 195 Å². The van der Waals surface area contributed by atoms with Crippen LogP contribution < -0.4 is 4.90 Å². The molecule has 0 radical (unpaired) electrons. The molecule has 0 aliphatic heterocycles. The second-order valence-corrected chi connectivity index (χ2v) is 15.2. The Labute approximate surface area is 302 Å². The van der Waals surface area contributed by atoms with Gasteiger partial charge < -0.3 is 4.90 Å². The van der Waals surface area contributed by atoms with E-state index < -0.39 is 0 Å². The molecule has 0 unspecified atom stereocenters. The molecule has 1 aromatic heterocycles. The lowest BCUT2D eigenvalue weighted by molar-refractivity contribution is 0.660. The Balaban J connectivity index is 1.26. The molecule has 51 heavy (non-hydrogen) atoms. The third kappa shape index (κ3) is 4.75. The molecule has 10 rings (SSSR count). The van der Waals surface area contributed by atoms with E-state index in [1.807, 2.05) is 11.3 Å². The van der Waals surface area contributed by atoms with Crippen molar-refractivity contribution >= 4 is 59.3 Å². The molecule has 0 amide bonds. The molecule has 0 saturated heterocycles. The molecule has 1 aliphatic rings. The summed E-state index contributed by atoms with van der Waals surface area (Å²) in [4.78, 5) is 2.50. The summed E-state index contributed by atoms with van der Waals surface area (Å²) in [6.45, 7) is 4.73. The number of anilines is 3. The van der Waals surface area contributed by atoms with Gasteiger partial charge in [-0.05, 0) is 92.2 Å². The second kappa shape index (κ2) is 11.6. The highest BCUT2D eigenvalue weighted by Gasteiger charge is 2.36. The minimum atomic E-state index is -0.112. The maximum absolute atomic E-state index is 2.50. The lowest BCUT2D eigenvalue weighted by atomic mass is 9.82. The fourth-order valence-corrected chi connectivity index (χ4v) is 9.43. The van der Waals surface area contributed by atoms with Gasteiger partial charge in [-0.1, -0.05) is 147 Å². The van der Waals surface area contributed by atoms with Crippen molar-refractivity contribution in [3.05, 3.63) is 187 Å². The van der Waals surface area contributed by atoms with Crippen LogP contribution in [0, 0.1) is 0 Å². The zero-order chi connectivity index (χ0) is 34.1. The SMILES string of the molecule is CC1(C)c2ccccc2-c2ccc(N(c3ccc(-c4ccccc4)cc3)c3cc4sc5ccccc5c4cc3-c3cccc4ccccc34)cc21. The Morgan fingerprint density at radius 2 is 1.06 bits per heavy atom. The van der Waals surface area contributed by atoms with E-state index >= 15 is 0 Å². The number of benzene rings is 8. The molecule has 0 bridgehead atoms. The fraction of sp³-hybridized carbons (Fsp3) is 0.0612. The molecule has 0 atom stereocenters. The lowest BCUT2D eigenvalue weighted by Gasteiger charge is -2.30. The van der Waals surface area contributed by atoms with Crippen molar-refractivity contribution in [3.63, 3.8) is 0 Å². The number of hydrogen-bond acceptors (Lipinski definition) is 2. The zero-order valence-corrected chi connectivity index (χ0v) is 29.4. The van der Waals surface area contributed by atoms with Gasteiger partial charge in [-0.25, -0.2) is 0 Å². The summed E-state index contributed by atoms with van der Waals surface area (Å²) >= 11 is 1.88. The Morgan fingerprint density at radius 1 is 0.412 bits per heavy atom. The van der Waals surface area contributed by atoms with Crippen molar-refractivity contribution in [3.8, 4) is 33.4 Å². The maximum Gasteiger partial charge on any atom is 0.0554 e. The maximum atomic E-state index is 2.50. The largest absolute Gasteiger partial charge is 0.310 e. The summed E-state index contributed by atoms with van der Waals surface area (Å²) in [5, 5.41) is 5.10. The molecule has 0 fully saturated rings. The minimum Gasteiger partial charge on any atom is -0.310 e. The van der Waals surface area contributed by atoms with Gasteiger partial charge in [-0.15, -0.1) is 11.3 Å². The minimum absolute atomic E-state index is 0.112. The molecule has 9 aromatic rings. The van der Waals surface area contributed by atoms with Crippen molar-refractivity contribution in [1.82, 2.24) is 0 Å². The van der Waals surface area contributed by atoms with Crippen LogP contribution in [0.3, 0.4) is 0 Å². The predicted octanol–water partition coefficient (Wildman–Crippen LogP) is 14.3. The van der Waals surface area contributed by atoms with Crippen LogP contribution in [0.15, 0.2) is 176 Å². The second-order valence-electron chi connectivity index (χ2n) is 14.1. The molecular weight excluding hydrogens is 635 g/mol.